The molecule has 16 heavy (non-hydrogen) atoms. The van der Waals surface area contributed by atoms with Crippen molar-refractivity contribution >= 4 is 0 Å². The third-order valence-electron chi connectivity index (χ3n) is 3.86. The van der Waals surface area contributed by atoms with E-state index >= 15 is 0 Å². The van der Waals surface area contributed by atoms with E-state index in [1.807, 2.05) is 0 Å². The van der Waals surface area contributed by atoms with Gasteiger partial charge in [0.25, 0.3) is 0 Å². The number of likely N-dealkylation sites (tertiary alicyclic amines) is 1. The molecule has 2 saturated heterocycles. The molecule has 4 nitrogen and oxygen atoms in total. The van der Waals surface area contributed by atoms with Crippen molar-refractivity contribution in [3.05, 3.63) is 0 Å². The van der Waals surface area contributed by atoms with Crippen molar-refractivity contribution in [2.24, 2.45) is 5.41 Å². The molecular weight excluding hydrogens is 206 g/mol. The van der Waals surface area contributed by atoms with E-state index in [2.05, 4.69) is 4.90 Å². The minimum atomic E-state index is -0.121. The van der Waals surface area contributed by atoms with Gasteiger partial charge in [-0.15, -0.1) is 0 Å². The Bertz CT molecular complexity index is 208. The fraction of sp³-hybridized carbons (Fsp3) is 1.00. The van der Waals surface area contributed by atoms with Crippen LogP contribution in [0.1, 0.15) is 25.7 Å². The molecule has 0 radical (unpaired) electrons. The van der Waals surface area contributed by atoms with Gasteiger partial charge in [-0.05, 0) is 25.7 Å². The Morgan fingerprint density at radius 1 is 1.31 bits per heavy atom. The Kier molecular flexibility index (Phi) is 4.19. The highest BCUT2D eigenvalue weighted by molar-refractivity contribution is 4.86. The summed E-state index contributed by atoms with van der Waals surface area (Å²) >= 11 is 0. The largest absolute Gasteiger partial charge is 0.396 e. The number of rotatable bonds is 3. The van der Waals surface area contributed by atoms with Gasteiger partial charge in [-0.25, -0.2) is 0 Å². The molecule has 1 unspecified atom stereocenters. The molecule has 0 amide bonds. The minimum Gasteiger partial charge on any atom is -0.396 e. The van der Waals surface area contributed by atoms with E-state index in [1.165, 1.54) is 0 Å². The molecule has 2 heterocycles. The molecule has 2 N–H and O–H groups in total. The van der Waals surface area contributed by atoms with Gasteiger partial charge in [-0.1, -0.05) is 0 Å². The van der Waals surface area contributed by atoms with Crippen molar-refractivity contribution in [3.8, 4) is 0 Å². The molecule has 0 aromatic rings. The van der Waals surface area contributed by atoms with Crippen LogP contribution in [-0.2, 0) is 4.74 Å². The molecule has 0 aromatic heterocycles. The molecule has 0 spiro atoms. The zero-order valence-electron chi connectivity index (χ0n) is 9.90. The molecule has 94 valence electrons. The maximum Gasteiger partial charge on any atom is 0.0564 e. The van der Waals surface area contributed by atoms with Crippen molar-refractivity contribution in [2.75, 3.05) is 39.5 Å². The average molecular weight is 229 g/mol. The Morgan fingerprint density at radius 2 is 2.06 bits per heavy atom. The summed E-state index contributed by atoms with van der Waals surface area (Å²) in [5.74, 6) is 0. The summed E-state index contributed by atoms with van der Waals surface area (Å²) < 4.78 is 5.50. The molecule has 2 aliphatic heterocycles. The van der Waals surface area contributed by atoms with Crippen molar-refractivity contribution in [1.29, 1.82) is 0 Å². The van der Waals surface area contributed by atoms with Gasteiger partial charge in [-0.2, -0.15) is 0 Å². The average Bonchev–Trinajstić information content (AvgIpc) is 2.33. The molecule has 1 atom stereocenters. The van der Waals surface area contributed by atoms with Crippen LogP contribution in [0.3, 0.4) is 0 Å². The van der Waals surface area contributed by atoms with E-state index in [9.17, 15) is 10.2 Å². The number of nitrogens with zero attached hydrogens (tertiary/aromatic N) is 1. The molecule has 2 fully saturated rings. The summed E-state index contributed by atoms with van der Waals surface area (Å²) in [7, 11) is 0. The van der Waals surface area contributed by atoms with Crippen LogP contribution < -0.4 is 0 Å². The van der Waals surface area contributed by atoms with E-state index < -0.39 is 0 Å². The lowest BCUT2D eigenvalue weighted by Crippen LogP contribution is -2.48. The number of aliphatic hydroxyl groups excluding tert-OH is 2. The fourth-order valence-corrected chi connectivity index (χ4v) is 2.76. The Labute approximate surface area is 97.2 Å². The van der Waals surface area contributed by atoms with Gasteiger partial charge >= 0.3 is 0 Å². The number of hydrogen-bond donors (Lipinski definition) is 2. The number of ether oxygens (including phenoxy) is 1. The van der Waals surface area contributed by atoms with Crippen LogP contribution in [0.2, 0.25) is 0 Å². The third-order valence-corrected chi connectivity index (χ3v) is 3.86. The van der Waals surface area contributed by atoms with Gasteiger partial charge in [0.15, 0.2) is 0 Å². The van der Waals surface area contributed by atoms with E-state index in [0.717, 1.165) is 51.9 Å². The lowest BCUT2D eigenvalue weighted by Gasteiger charge is -2.41. The quantitative estimate of drug-likeness (QED) is 0.727. The molecule has 4 heteroatoms. The van der Waals surface area contributed by atoms with Crippen molar-refractivity contribution < 1.29 is 14.9 Å². The standard InChI is InChI=1S/C12H23NO3/c14-9-12(4-1-7-16-10-12)8-13-5-2-11(15)3-6-13/h11,14-15H,1-10H2. The second kappa shape index (κ2) is 5.45. The van der Waals surface area contributed by atoms with E-state index in [4.69, 9.17) is 4.74 Å². The zero-order chi connectivity index (χ0) is 11.4. The Hall–Kier alpha value is -0.160. The third kappa shape index (κ3) is 2.94. The topological polar surface area (TPSA) is 52.9 Å². The summed E-state index contributed by atoms with van der Waals surface area (Å²) in [5.41, 5.74) is -0.0550. The van der Waals surface area contributed by atoms with E-state index in [1.54, 1.807) is 0 Å². The first kappa shape index (κ1) is 12.3. The molecule has 0 aromatic carbocycles. The molecule has 2 rings (SSSR count). The summed E-state index contributed by atoms with van der Waals surface area (Å²) in [6.45, 7) is 4.54. The Balaban J connectivity index is 1.86. The van der Waals surface area contributed by atoms with E-state index in [-0.39, 0.29) is 18.1 Å². The first-order chi connectivity index (χ1) is 7.74. The summed E-state index contributed by atoms with van der Waals surface area (Å²) in [4.78, 5) is 2.36. The number of aliphatic hydroxyl groups is 2. The van der Waals surface area contributed by atoms with Crippen LogP contribution in [0.25, 0.3) is 0 Å². The highest BCUT2D eigenvalue weighted by atomic mass is 16.5. The molecule has 0 bridgehead atoms. The van der Waals surface area contributed by atoms with Crippen LogP contribution in [0, 0.1) is 5.41 Å². The van der Waals surface area contributed by atoms with Gasteiger partial charge in [0.1, 0.15) is 0 Å². The normalized spacial score (nSPS) is 34.1. The minimum absolute atomic E-state index is 0.0550. The fourth-order valence-electron chi connectivity index (χ4n) is 2.76. The first-order valence-electron chi connectivity index (χ1n) is 6.33. The maximum absolute atomic E-state index is 9.57. The molecule has 2 aliphatic rings. The molecule has 0 aliphatic carbocycles. The smallest absolute Gasteiger partial charge is 0.0564 e. The second-order valence-electron chi connectivity index (χ2n) is 5.32. The highest BCUT2D eigenvalue weighted by Crippen LogP contribution is 2.30. The number of piperidine rings is 1. The van der Waals surface area contributed by atoms with Crippen molar-refractivity contribution in [3.63, 3.8) is 0 Å². The summed E-state index contributed by atoms with van der Waals surface area (Å²) in [6.07, 6.45) is 3.72. The van der Waals surface area contributed by atoms with Crippen LogP contribution >= 0.6 is 0 Å². The second-order valence-corrected chi connectivity index (χ2v) is 5.32. The van der Waals surface area contributed by atoms with Gasteiger partial charge < -0.3 is 19.8 Å². The van der Waals surface area contributed by atoms with Gasteiger partial charge in [-0.3, -0.25) is 0 Å². The summed E-state index contributed by atoms with van der Waals surface area (Å²) in [5, 5.41) is 19.0. The van der Waals surface area contributed by atoms with E-state index in [0.29, 0.717) is 6.61 Å². The summed E-state index contributed by atoms with van der Waals surface area (Å²) in [6, 6.07) is 0. The SMILES string of the molecule is OCC1(CN2CCC(O)CC2)CCCOC1. The van der Waals surface area contributed by atoms with Gasteiger partial charge in [0.2, 0.25) is 0 Å². The monoisotopic (exact) mass is 229 g/mol. The van der Waals surface area contributed by atoms with Crippen molar-refractivity contribution in [1.82, 2.24) is 4.90 Å². The van der Waals surface area contributed by atoms with Crippen LogP contribution in [0.5, 0.6) is 0 Å². The predicted octanol–water partition coefficient (Wildman–Crippen LogP) is 0.232. The predicted molar refractivity (Wildman–Crippen MR) is 61.3 cm³/mol. The number of hydrogen-bond acceptors (Lipinski definition) is 4. The van der Waals surface area contributed by atoms with Crippen LogP contribution in [-0.4, -0.2) is 60.7 Å². The van der Waals surface area contributed by atoms with Crippen LogP contribution in [0.15, 0.2) is 0 Å². The van der Waals surface area contributed by atoms with Gasteiger partial charge in [0, 0.05) is 31.7 Å². The zero-order valence-corrected chi connectivity index (χ0v) is 9.90. The van der Waals surface area contributed by atoms with Gasteiger partial charge in [0.05, 0.1) is 19.3 Å². The maximum atomic E-state index is 9.57. The van der Waals surface area contributed by atoms with Crippen LogP contribution in [0.4, 0.5) is 0 Å². The Morgan fingerprint density at radius 3 is 2.62 bits per heavy atom. The van der Waals surface area contributed by atoms with Crippen molar-refractivity contribution in [2.45, 2.75) is 31.8 Å². The molecule has 0 saturated carbocycles. The molecular formula is C12H23NO3. The lowest BCUT2D eigenvalue weighted by atomic mass is 9.82. The first-order valence-corrected chi connectivity index (χ1v) is 6.33. The highest BCUT2D eigenvalue weighted by Gasteiger charge is 2.35. The lowest BCUT2D eigenvalue weighted by molar-refractivity contribution is -0.0616.